The molecule has 0 aliphatic heterocycles. The van der Waals surface area contributed by atoms with Crippen molar-refractivity contribution in [2.24, 2.45) is 16.7 Å². The number of fused-ring (bicyclic) bond motifs is 3. The van der Waals surface area contributed by atoms with E-state index in [2.05, 4.69) is 15.7 Å². The molecule has 2 saturated carbocycles. The number of aromatic nitrogens is 3. The number of carbonyl (C=O) groups excluding carboxylic acids is 1. The van der Waals surface area contributed by atoms with Gasteiger partial charge in [-0.1, -0.05) is 31.5 Å². The molecule has 0 radical (unpaired) electrons. The predicted molar refractivity (Wildman–Crippen MR) is 143 cm³/mol. The number of halogens is 1. The third kappa shape index (κ3) is 5.07. The van der Waals surface area contributed by atoms with Gasteiger partial charge < -0.3 is 19.8 Å². The number of ketones is 1. The Labute approximate surface area is 225 Å². The molecule has 0 amide bonds. The molecule has 0 spiro atoms. The fourth-order valence-electron chi connectivity index (χ4n) is 6.01. The van der Waals surface area contributed by atoms with Crippen molar-refractivity contribution in [3.63, 3.8) is 0 Å². The van der Waals surface area contributed by atoms with Gasteiger partial charge in [0.2, 0.25) is 0 Å². The predicted octanol–water partition coefficient (Wildman–Crippen LogP) is 3.32. The second-order valence-electron chi connectivity index (χ2n) is 10.7. The molecule has 2 heterocycles. The molecule has 200 valence electrons. The van der Waals surface area contributed by atoms with E-state index < -0.39 is 21.3 Å². The fourth-order valence-corrected chi connectivity index (χ4v) is 7.73. The lowest BCUT2D eigenvalue weighted by Gasteiger charge is -2.37. The number of Topliss-reactive ketones (excluding diaryl/α,β-unsaturated/α-hetero) is 1. The van der Waals surface area contributed by atoms with Crippen LogP contribution in [-0.4, -0.2) is 39.0 Å². The maximum absolute atomic E-state index is 11.9. The number of nitrogens with one attached hydrogen (secondary N) is 2. The van der Waals surface area contributed by atoms with E-state index >= 15 is 0 Å². The molecule has 2 bridgehead atoms. The topological polar surface area (TPSA) is 155 Å². The molecule has 1 aromatic carbocycles. The summed E-state index contributed by atoms with van der Waals surface area (Å²) in [6.07, 6.45) is 3.61. The lowest BCUT2D eigenvalue weighted by Crippen LogP contribution is -2.52. The quantitative estimate of drug-likeness (QED) is 0.318. The van der Waals surface area contributed by atoms with Gasteiger partial charge in [-0.25, -0.2) is 8.42 Å². The molecule has 2 fully saturated rings. The van der Waals surface area contributed by atoms with Crippen molar-refractivity contribution >= 4 is 50.8 Å². The van der Waals surface area contributed by atoms with Crippen molar-refractivity contribution < 1.29 is 23.5 Å². The Morgan fingerprint density at radius 3 is 2.57 bits per heavy atom. The largest absolute Gasteiger partial charge is 0.748 e. The summed E-state index contributed by atoms with van der Waals surface area (Å²) in [5.41, 5.74) is 6.11. The highest BCUT2D eigenvalue weighted by Crippen LogP contribution is 2.64. The number of hydrogen-bond acceptors (Lipinski definition) is 6. The van der Waals surface area contributed by atoms with Gasteiger partial charge in [0.25, 0.3) is 5.56 Å². The third-order valence-electron chi connectivity index (χ3n) is 8.24. The van der Waals surface area contributed by atoms with Gasteiger partial charge >= 0.3 is 0 Å². The van der Waals surface area contributed by atoms with Crippen LogP contribution in [-0.2, 0) is 21.5 Å². The van der Waals surface area contributed by atoms with Crippen LogP contribution in [0.1, 0.15) is 57.2 Å². The maximum atomic E-state index is 11.9. The summed E-state index contributed by atoms with van der Waals surface area (Å²) in [7, 11) is -4.33. The van der Waals surface area contributed by atoms with Crippen LogP contribution in [0.5, 0.6) is 0 Å². The Morgan fingerprint density at radius 1 is 1.30 bits per heavy atom. The second-order valence-corrected chi connectivity index (χ2v) is 12.9. The number of nitrogens with zero attached hydrogens (tertiary/aromatic N) is 1. The van der Waals surface area contributed by atoms with Crippen LogP contribution in [0.4, 0.5) is 0 Å². The van der Waals surface area contributed by atoms with Crippen LogP contribution in [0.2, 0.25) is 5.02 Å². The first kappa shape index (κ1) is 27.7. The molecule has 3 aromatic rings. The molecular formula is C25H31ClN4O5S2. The summed E-state index contributed by atoms with van der Waals surface area (Å²) in [6.45, 7) is 6.41. The van der Waals surface area contributed by atoms with Crippen molar-refractivity contribution in [1.82, 2.24) is 14.5 Å². The summed E-state index contributed by atoms with van der Waals surface area (Å²) in [6, 6.07) is 7.71. The zero-order valence-corrected chi connectivity index (χ0v) is 23.4. The number of rotatable bonds is 5. The van der Waals surface area contributed by atoms with E-state index in [1.54, 1.807) is 6.20 Å². The number of hydrogen-bond donors (Lipinski definition) is 3. The van der Waals surface area contributed by atoms with Crippen molar-refractivity contribution in [2.45, 2.75) is 52.6 Å². The molecule has 5 N–H and O–H groups in total. The Bertz CT molecular complexity index is 1590. The minimum absolute atomic E-state index is 0.0248. The maximum Gasteiger partial charge on any atom is 0.276 e. The third-order valence-corrected chi connectivity index (χ3v) is 9.64. The van der Waals surface area contributed by atoms with E-state index in [-0.39, 0.29) is 28.7 Å². The van der Waals surface area contributed by atoms with Crippen LogP contribution in [0, 0.1) is 21.5 Å². The zero-order chi connectivity index (χ0) is 27.3. The Balaban J connectivity index is 0.000000186. The molecule has 3 atom stereocenters. The van der Waals surface area contributed by atoms with Gasteiger partial charge in [0, 0.05) is 28.6 Å². The highest BCUT2D eigenvalue weighted by molar-refractivity contribution is 7.85. The van der Waals surface area contributed by atoms with Gasteiger partial charge in [-0.15, -0.1) is 0 Å². The van der Waals surface area contributed by atoms with Crippen LogP contribution >= 0.6 is 23.8 Å². The van der Waals surface area contributed by atoms with E-state index in [0.29, 0.717) is 34.7 Å². The van der Waals surface area contributed by atoms with Gasteiger partial charge in [-0.3, -0.25) is 14.6 Å². The highest BCUT2D eigenvalue weighted by atomic mass is 35.5. The first-order chi connectivity index (χ1) is 17.2. The zero-order valence-electron chi connectivity index (χ0n) is 21.0. The molecule has 5 rings (SSSR count). The minimum Gasteiger partial charge on any atom is -0.748 e. The van der Waals surface area contributed by atoms with Gasteiger partial charge in [0.1, 0.15) is 17.3 Å². The standard InChI is InChI=1S/C15H15ClN4OS.C10H16O4S/c1-8(17)11-6-10(16)3-2-9(11)7-20-12-4-5-18-13(12)14(21)19-15(20)22;1-9(2)7-3-4-10(9,8(11)5-7)6-15(12,13)14/h2-6,8,18H,7,17H2,1H3,(H,19,21,22);7H,3-6H2,1-2H3,(H,12,13,14)/t8-;/m1./s1. The van der Waals surface area contributed by atoms with Crippen molar-refractivity contribution in [1.29, 1.82) is 0 Å². The highest BCUT2D eigenvalue weighted by Gasteiger charge is 2.64. The van der Waals surface area contributed by atoms with Gasteiger partial charge in [0.15, 0.2) is 4.77 Å². The normalized spacial score (nSPS) is 23.2. The molecule has 2 aliphatic carbocycles. The summed E-state index contributed by atoms with van der Waals surface area (Å²) < 4.78 is 35.0. The van der Waals surface area contributed by atoms with E-state index in [0.717, 1.165) is 23.1 Å². The molecule has 12 heteroatoms. The lowest BCUT2D eigenvalue weighted by atomic mass is 9.70. The molecule has 0 saturated heterocycles. The summed E-state index contributed by atoms with van der Waals surface area (Å²) >= 11 is 11.4. The molecule has 2 aromatic heterocycles. The summed E-state index contributed by atoms with van der Waals surface area (Å²) in [4.78, 5) is 29.4. The number of carbonyl (C=O) groups is 1. The van der Waals surface area contributed by atoms with Gasteiger partial charge in [-0.05, 0) is 67.1 Å². The monoisotopic (exact) mass is 566 g/mol. The Morgan fingerprint density at radius 2 is 2.00 bits per heavy atom. The van der Waals surface area contributed by atoms with Crippen molar-refractivity contribution in [3.8, 4) is 0 Å². The second kappa shape index (κ2) is 9.77. The SMILES string of the molecule is CC1(C)C2CCC1(CS(=O)(=O)[O-])C(=O)C2.C[C@@H]([NH3+])c1cc(Cl)ccc1Cn1c(=S)[nH]c(=O)c2[nH]ccc21. The average Bonchev–Trinajstić information content (AvgIpc) is 3.41. The summed E-state index contributed by atoms with van der Waals surface area (Å²) in [5, 5.41) is 0.686. The van der Waals surface area contributed by atoms with Crippen molar-refractivity contribution in [2.75, 3.05) is 5.75 Å². The number of benzene rings is 1. The Kier molecular flexibility index (Phi) is 7.32. The number of quaternary nitrogens is 1. The number of H-pyrrole nitrogens is 2. The van der Waals surface area contributed by atoms with E-state index in [4.69, 9.17) is 23.8 Å². The minimum atomic E-state index is -4.33. The van der Waals surface area contributed by atoms with Crippen LogP contribution < -0.4 is 11.3 Å². The number of aromatic amines is 2. The Hall–Kier alpha value is -2.31. The fraction of sp³-hybridized carbons (Fsp3) is 0.480. The van der Waals surface area contributed by atoms with Crippen LogP contribution in [0.3, 0.4) is 0 Å². The molecule has 9 nitrogen and oxygen atoms in total. The van der Waals surface area contributed by atoms with E-state index in [1.165, 1.54) is 0 Å². The van der Waals surface area contributed by atoms with E-state index in [9.17, 15) is 22.6 Å². The smallest absolute Gasteiger partial charge is 0.276 e. The molecule has 2 unspecified atom stereocenters. The first-order valence-electron chi connectivity index (χ1n) is 12.0. The average molecular weight is 567 g/mol. The lowest BCUT2D eigenvalue weighted by molar-refractivity contribution is -0.420. The van der Waals surface area contributed by atoms with Crippen molar-refractivity contribution in [3.05, 3.63) is 61.7 Å². The summed E-state index contributed by atoms with van der Waals surface area (Å²) in [5.74, 6) is -0.280. The van der Waals surface area contributed by atoms with Crippen LogP contribution in [0.15, 0.2) is 35.3 Å². The first-order valence-corrected chi connectivity index (χ1v) is 14.4. The van der Waals surface area contributed by atoms with Gasteiger partial charge in [-0.2, -0.15) is 0 Å². The molecule has 2 aliphatic rings. The van der Waals surface area contributed by atoms with E-state index in [1.807, 2.05) is 49.6 Å². The molecule has 37 heavy (non-hydrogen) atoms. The van der Waals surface area contributed by atoms with Gasteiger partial charge in [0.05, 0.1) is 27.9 Å². The molecular weight excluding hydrogens is 536 g/mol. The van der Waals surface area contributed by atoms with Crippen LogP contribution in [0.25, 0.3) is 11.0 Å².